The topological polar surface area (TPSA) is 29.5 Å². The van der Waals surface area contributed by atoms with E-state index in [-0.39, 0.29) is 5.56 Å². The van der Waals surface area contributed by atoms with E-state index in [0.717, 1.165) is 5.56 Å². The fourth-order valence-corrected chi connectivity index (χ4v) is 2.13. The van der Waals surface area contributed by atoms with Gasteiger partial charge in [-0.05, 0) is 41.4 Å². The summed E-state index contributed by atoms with van der Waals surface area (Å²) in [6.07, 6.45) is -0.805. The van der Waals surface area contributed by atoms with Gasteiger partial charge in [0.05, 0.1) is 6.10 Å². The lowest BCUT2D eigenvalue weighted by molar-refractivity contribution is 0.194. The summed E-state index contributed by atoms with van der Waals surface area (Å²) in [6.45, 7) is 1.96. The highest BCUT2D eigenvalue weighted by Gasteiger charge is 2.09. The molecule has 1 atom stereocenters. The molecule has 1 heterocycles. The third-order valence-electron chi connectivity index (χ3n) is 2.41. The highest BCUT2D eigenvalue weighted by molar-refractivity contribution is 7.07. The van der Waals surface area contributed by atoms with E-state index in [2.05, 4.69) is 0 Å². The van der Waals surface area contributed by atoms with Gasteiger partial charge in [0, 0.05) is 11.6 Å². The number of thiophene rings is 1. The monoisotopic (exact) mass is 252 g/mol. The first-order chi connectivity index (χ1) is 8.16. The molecule has 2 aromatic rings. The predicted molar refractivity (Wildman–Crippen MR) is 65.7 cm³/mol. The van der Waals surface area contributed by atoms with Gasteiger partial charge in [-0.3, -0.25) is 0 Å². The molecular weight excluding hydrogens is 239 g/mol. The molecule has 0 bridgehead atoms. The van der Waals surface area contributed by atoms with Crippen molar-refractivity contribution in [3.63, 3.8) is 0 Å². The number of hydrogen-bond donors (Lipinski definition) is 1. The maximum atomic E-state index is 13.5. The molecular formula is C13H13FO2S. The van der Waals surface area contributed by atoms with E-state index in [9.17, 15) is 9.50 Å². The lowest BCUT2D eigenvalue weighted by atomic mass is 10.1. The smallest absolute Gasteiger partial charge is 0.132 e. The highest BCUT2D eigenvalue weighted by atomic mass is 32.1. The SMILES string of the molecule is CC(O)c1ccc(OCc2ccsc2)cc1F. The summed E-state index contributed by atoms with van der Waals surface area (Å²) >= 11 is 1.60. The Kier molecular flexibility index (Phi) is 3.76. The number of aliphatic hydroxyl groups excluding tert-OH is 1. The normalized spacial score (nSPS) is 12.4. The largest absolute Gasteiger partial charge is 0.489 e. The van der Waals surface area contributed by atoms with E-state index in [1.165, 1.54) is 13.0 Å². The van der Waals surface area contributed by atoms with Gasteiger partial charge < -0.3 is 9.84 Å². The maximum Gasteiger partial charge on any atom is 0.132 e. The van der Waals surface area contributed by atoms with Crippen molar-refractivity contribution in [2.75, 3.05) is 0 Å². The second-order valence-corrected chi connectivity index (χ2v) is 4.56. The minimum Gasteiger partial charge on any atom is -0.489 e. The Morgan fingerprint density at radius 1 is 1.41 bits per heavy atom. The van der Waals surface area contributed by atoms with Crippen LogP contribution in [0.4, 0.5) is 4.39 Å². The summed E-state index contributed by atoms with van der Waals surface area (Å²) < 4.78 is 19.0. The first-order valence-corrected chi connectivity index (χ1v) is 6.22. The van der Waals surface area contributed by atoms with E-state index in [1.54, 1.807) is 23.5 Å². The van der Waals surface area contributed by atoms with Crippen molar-refractivity contribution in [2.24, 2.45) is 0 Å². The Morgan fingerprint density at radius 3 is 2.82 bits per heavy atom. The second-order valence-electron chi connectivity index (χ2n) is 3.78. The third kappa shape index (κ3) is 3.05. The number of ether oxygens (including phenoxy) is 1. The molecule has 17 heavy (non-hydrogen) atoms. The van der Waals surface area contributed by atoms with Crippen molar-refractivity contribution in [2.45, 2.75) is 19.6 Å². The van der Waals surface area contributed by atoms with Gasteiger partial charge in [0.25, 0.3) is 0 Å². The molecule has 0 fully saturated rings. The molecule has 1 aromatic carbocycles. The third-order valence-corrected chi connectivity index (χ3v) is 3.14. The molecule has 2 nitrogen and oxygen atoms in total. The van der Waals surface area contributed by atoms with Crippen LogP contribution in [0.3, 0.4) is 0 Å². The summed E-state index contributed by atoms with van der Waals surface area (Å²) in [5, 5.41) is 13.3. The van der Waals surface area contributed by atoms with E-state index >= 15 is 0 Å². The highest BCUT2D eigenvalue weighted by Crippen LogP contribution is 2.22. The minimum atomic E-state index is -0.805. The summed E-state index contributed by atoms with van der Waals surface area (Å²) in [5.74, 6) is 0.0286. The van der Waals surface area contributed by atoms with Crippen molar-refractivity contribution in [3.05, 3.63) is 52.0 Å². The Morgan fingerprint density at radius 2 is 2.24 bits per heavy atom. The van der Waals surface area contributed by atoms with Gasteiger partial charge in [0.1, 0.15) is 18.2 Å². The molecule has 0 saturated heterocycles. The van der Waals surface area contributed by atoms with Gasteiger partial charge >= 0.3 is 0 Å². The van der Waals surface area contributed by atoms with Crippen LogP contribution >= 0.6 is 11.3 Å². The summed E-state index contributed by atoms with van der Waals surface area (Å²) in [4.78, 5) is 0. The zero-order valence-electron chi connectivity index (χ0n) is 9.39. The Hall–Kier alpha value is -1.39. The molecule has 0 spiro atoms. The van der Waals surface area contributed by atoms with Crippen molar-refractivity contribution < 1.29 is 14.2 Å². The molecule has 90 valence electrons. The number of aliphatic hydroxyl groups is 1. The van der Waals surface area contributed by atoms with Crippen LogP contribution in [0, 0.1) is 5.82 Å². The van der Waals surface area contributed by atoms with Gasteiger partial charge in [0.2, 0.25) is 0 Å². The molecule has 2 rings (SSSR count). The maximum absolute atomic E-state index is 13.5. The zero-order chi connectivity index (χ0) is 12.3. The van der Waals surface area contributed by atoms with Crippen LogP contribution in [0.15, 0.2) is 35.0 Å². The molecule has 1 aromatic heterocycles. The van der Waals surface area contributed by atoms with Gasteiger partial charge in [0.15, 0.2) is 0 Å². The average Bonchev–Trinajstić information content (AvgIpc) is 2.78. The molecule has 0 saturated carbocycles. The molecule has 0 radical (unpaired) electrons. The number of benzene rings is 1. The number of rotatable bonds is 4. The van der Waals surface area contributed by atoms with Gasteiger partial charge in [-0.15, -0.1) is 0 Å². The van der Waals surface area contributed by atoms with Gasteiger partial charge in [-0.25, -0.2) is 4.39 Å². The van der Waals surface area contributed by atoms with Crippen molar-refractivity contribution >= 4 is 11.3 Å². The minimum absolute atomic E-state index is 0.285. The first-order valence-electron chi connectivity index (χ1n) is 5.28. The molecule has 1 unspecified atom stereocenters. The summed E-state index contributed by atoms with van der Waals surface area (Å²) in [7, 11) is 0. The molecule has 0 aliphatic heterocycles. The van der Waals surface area contributed by atoms with Gasteiger partial charge in [-0.1, -0.05) is 0 Å². The molecule has 0 aliphatic rings. The van der Waals surface area contributed by atoms with Crippen LogP contribution < -0.4 is 4.74 Å². The van der Waals surface area contributed by atoms with Crippen molar-refractivity contribution in [1.82, 2.24) is 0 Å². The quantitative estimate of drug-likeness (QED) is 0.902. The van der Waals surface area contributed by atoms with Crippen LogP contribution in [0.1, 0.15) is 24.2 Å². The summed E-state index contributed by atoms with van der Waals surface area (Å²) in [6, 6.07) is 6.47. The van der Waals surface area contributed by atoms with Crippen LogP contribution in [-0.2, 0) is 6.61 Å². The first kappa shape index (κ1) is 12.1. The molecule has 4 heteroatoms. The number of halogens is 1. The summed E-state index contributed by atoms with van der Waals surface area (Å²) in [5.41, 5.74) is 1.35. The molecule has 0 amide bonds. The van der Waals surface area contributed by atoms with Crippen LogP contribution in [0.25, 0.3) is 0 Å². The van der Waals surface area contributed by atoms with E-state index in [4.69, 9.17) is 4.74 Å². The fourth-order valence-electron chi connectivity index (χ4n) is 1.48. The van der Waals surface area contributed by atoms with Crippen LogP contribution in [0.5, 0.6) is 5.75 Å². The van der Waals surface area contributed by atoms with E-state index in [0.29, 0.717) is 12.4 Å². The van der Waals surface area contributed by atoms with Crippen LogP contribution in [0.2, 0.25) is 0 Å². The van der Waals surface area contributed by atoms with Crippen LogP contribution in [-0.4, -0.2) is 5.11 Å². The van der Waals surface area contributed by atoms with Gasteiger partial charge in [-0.2, -0.15) is 11.3 Å². The Labute approximate surface area is 103 Å². The van der Waals surface area contributed by atoms with E-state index in [1.807, 2.05) is 16.8 Å². The number of hydrogen-bond acceptors (Lipinski definition) is 3. The lowest BCUT2D eigenvalue weighted by Gasteiger charge is -2.09. The Balaban J connectivity index is 2.05. The average molecular weight is 252 g/mol. The molecule has 1 N–H and O–H groups in total. The van der Waals surface area contributed by atoms with E-state index < -0.39 is 11.9 Å². The standard InChI is InChI=1S/C13H13FO2S/c1-9(15)12-3-2-11(6-13(12)14)16-7-10-4-5-17-8-10/h2-6,8-9,15H,7H2,1H3. The zero-order valence-corrected chi connectivity index (χ0v) is 10.2. The molecule has 0 aliphatic carbocycles. The van der Waals surface area contributed by atoms with Crippen molar-refractivity contribution in [1.29, 1.82) is 0 Å². The fraction of sp³-hybridized carbons (Fsp3) is 0.231. The predicted octanol–water partition coefficient (Wildman–Crippen LogP) is 3.52. The Bertz CT molecular complexity index is 480. The second kappa shape index (κ2) is 5.29. The lowest BCUT2D eigenvalue weighted by Crippen LogP contribution is -1.98. The van der Waals surface area contributed by atoms with Crippen molar-refractivity contribution in [3.8, 4) is 5.75 Å².